The standard InChI is InChI=1S/C28H36N2O5/c1-6-29(7-2)16-17-30-25(22-10-8-9-11-23(22)34-5)24(27(32)28(30)33)26(31)20-12-14-21(15-13-20)35-18-19(3)4/h8-15,19,25,31H,6-7,16-18H2,1-5H3/b26-24+. The Bertz CT molecular complexity index is 1060. The van der Waals surface area contributed by atoms with E-state index in [1.54, 1.807) is 37.4 Å². The average Bonchev–Trinajstić information content (AvgIpc) is 3.12. The van der Waals surface area contributed by atoms with Crippen molar-refractivity contribution in [1.82, 2.24) is 4.90 Å². The van der Waals surface area contributed by atoms with Crippen LogP contribution >= 0.6 is 0 Å². The minimum atomic E-state index is -0.800. The largest absolute Gasteiger partial charge is 0.872 e. The van der Waals surface area contributed by atoms with Crippen LogP contribution in [0.5, 0.6) is 11.5 Å². The van der Waals surface area contributed by atoms with Crippen LogP contribution < -0.4 is 19.5 Å². The van der Waals surface area contributed by atoms with Crippen molar-refractivity contribution in [1.29, 1.82) is 0 Å². The summed E-state index contributed by atoms with van der Waals surface area (Å²) in [6.07, 6.45) is 0. The molecule has 0 aliphatic carbocycles. The Kier molecular flexibility index (Phi) is 8.93. The number of hydrogen-bond donors (Lipinski definition) is 1. The summed E-state index contributed by atoms with van der Waals surface area (Å²) in [4.78, 5) is 29.2. The van der Waals surface area contributed by atoms with E-state index in [1.165, 1.54) is 9.80 Å². The van der Waals surface area contributed by atoms with Crippen LogP contribution in [0.15, 0.2) is 54.1 Å². The molecule has 0 saturated carbocycles. The third-order valence-corrected chi connectivity index (χ3v) is 6.37. The number of quaternary nitrogens is 1. The van der Waals surface area contributed by atoms with Crippen molar-refractivity contribution < 1.29 is 29.1 Å². The molecule has 1 saturated heterocycles. The second-order valence-electron chi connectivity index (χ2n) is 9.15. The molecule has 0 radical (unpaired) electrons. The highest BCUT2D eigenvalue weighted by Gasteiger charge is 2.45. The summed E-state index contributed by atoms with van der Waals surface area (Å²) < 4.78 is 11.3. The van der Waals surface area contributed by atoms with Crippen molar-refractivity contribution >= 4 is 17.4 Å². The van der Waals surface area contributed by atoms with Crippen molar-refractivity contribution in [2.75, 3.05) is 39.9 Å². The number of benzene rings is 2. The molecule has 7 nitrogen and oxygen atoms in total. The number of amides is 1. The van der Waals surface area contributed by atoms with E-state index in [-0.39, 0.29) is 5.57 Å². The maximum atomic E-state index is 13.6. The number of carbonyl (C=O) groups is 2. The number of hydrogen-bond acceptors (Lipinski definition) is 5. The van der Waals surface area contributed by atoms with Gasteiger partial charge in [0.05, 0.1) is 45.9 Å². The lowest BCUT2D eigenvalue weighted by Gasteiger charge is -2.29. The molecule has 2 aromatic carbocycles. The Labute approximate surface area is 207 Å². The molecule has 1 unspecified atom stereocenters. The van der Waals surface area contributed by atoms with Crippen LogP contribution in [0.1, 0.15) is 44.9 Å². The zero-order valence-electron chi connectivity index (χ0n) is 21.3. The number of rotatable bonds is 11. The summed E-state index contributed by atoms with van der Waals surface area (Å²) in [5.41, 5.74) is 0.933. The van der Waals surface area contributed by atoms with E-state index in [1.807, 2.05) is 18.2 Å². The van der Waals surface area contributed by atoms with E-state index in [2.05, 4.69) is 27.7 Å². The monoisotopic (exact) mass is 480 g/mol. The van der Waals surface area contributed by atoms with Crippen LogP contribution in [-0.4, -0.2) is 56.5 Å². The van der Waals surface area contributed by atoms with Crippen LogP contribution in [0.4, 0.5) is 0 Å². The molecule has 0 aromatic heterocycles. The lowest BCUT2D eigenvalue weighted by Crippen LogP contribution is -3.12. The number of Topliss-reactive ketones (excluding diaryl/α,β-unsaturated/α-hetero) is 1. The molecule has 0 spiro atoms. The fourth-order valence-corrected chi connectivity index (χ4v) is 4.32. The van der Waals surface area contributed by atoms with E-state index in [0.717, 1.165) is 13.1 Å². The van der Waals surface area contributed by atoms with Gasteiger partial charge in [-0.25, -0.2) is 0 Å². The first kappa shape index (κ1) is 26.3. The topological polar surface area (TPSA) is 83.3 Å². The van der Waals surface area contributed by atoms with E-state index < -0.39 is 23.5 Å². The van der Waals surface area contributed by atoms with Crippen LogP contribution in [0.3, 0.4) is 0 Å². The molecule has 35 heavy (non-hydrogen) atoms. The van der Waals surface area contributed by atoms with Crippen molar-refractivity contribution in [3.05, 3.63) is 65.2 Å². The van der Waals surface area contributed by atoms with Crippen molar-refractivity contribution in [2.45, 2.75) is 33.7 Å². The second kappa shape index (κ2) is 11.9. The zero-order chi connectivity index (χ0) is 25.5. The highest BCUT2D eigenvalue weighted by atomic mass is 16.5. The number of likely N-dealkylation sites (tertiary alicyclic amines) is 1. The van der Waals surface area contributed by atoms with Gasteiger partial charge in [-0.3, -0.25) is 9.59 Å². The Hall–Kier alpha value is -3.32. The maximum absolute atomic E-state index is 13.6. The van der Waals surface area contributed by atoms with Crippen molar-refractivity contribution in [3.63, 3.8) is 0 Å². The molecule has 3 rings (SSSR count). The third kappa shape index (κ3) is 5.85. The van der Waals surface area contributed by atoms with Crippen LogP contribution in [0, 0.1) is 5.92 Å². The van der Waals surface area contributed by atoms with Crippen LogP contribution in [-0.2, 0) is 9.59 Å². The van der Waals surface area contributed by atoms with E-state index >= 15 is 0 Å². The molecule has 1 atom stereocenters. The van der Waals surface area contributed by atoms with Gasteiger partial charge in [-0.1, -0.05) is 49.9 Å². The Morgan fingerprint density at radius 3 is 2.31 bits per heavy atom. The number of nitrogens with zero attached hydrogens (tertiary/aromatic N) is 1. The number of nitrogens with one attached hydrogen (secondary N) is 1. The molecule has 188 valence electrons. The van der Waals surface area contributed by atoms with Gasteiger partial charge in [-0.05, 0) is 43.5 Å². The molecule has 1 fully saturated rings. The van der Waals surface area contributed by atoms with Gasteiger partial charge in [-0.15, -0.1) is 0 Å². The molecule has 1 aliphatic heterocycles. The zero-order valence-corrected chi connectivity index (χ0v) is 21.3. The van der Waals surface area contributed by atoms with Crippen molar-refractivity contribution in [2.24, 2.45) is 5.92 Å². The summed E-state index contributed by atoms with van der Waals surface area (Å²) in [5, 5.41) is 13.6. The van der Waals surface area contributed by atoms with Gasteiger partial charge in [-0.2, -0.15) is 0 Å². The van der Waals surface area contributed by atoms with Gasteiger partial charge in [0.1, 0.15) is 11.5 Å². The van der Waals surface area contributed by atoms with E-state index in [4.69, 9.17) is 9.47 Å². The Morgan fingerprint density at radius 1 is 1.06 bits per heavy atom. The number of ether oxygens (including phenoxy) is 2. The molecule has 2 aromatic rings. The minimum absolute atomic E-state index is 0.0371. The predicted octanol–water partition coefficient (Wildman–Crippen LogP) is 1.88. The fraction of sp³-hybridized carbons (Fsp3) is 0.429. The first-order chi connectivity index (χ1) is 16.8. The first-order valence-electron chi connectivity index (χ1n) is 12.3. The molecule has 7 heteroatoms. The lowest BCUT2D eigenvalue weighted by molar-refractivity contribution is -0.895. The summed E-state index contributed by atoms with van der Waals surface area (Å²) in [7, 11) is 1.54. The van der Waals surface area contributed by atoms with Gasteiger partial charge >= 0.3 is 0 Å². The number of carbonyl (C=O) groups excluding carboxylic acids is 2. The smallest absolute Gasteiger partial charge is 0.295 e. The summed E-state index contributed by atoms with van der Waals surface area (Å²) >= 11 is 0. The number of likely N-dealkylation sites (N-methyl/N-ethyl adjacent to an activating group) is 1. The highest BCUT2D eigenvalue weighted by molar-refractivity contribution is 6.46. The highest BCUT2D eigenvalue weighted by Crippen LogP contribution is 2.41. The normalized spacial score (nSPS) is 17.5. The summed E-state index contributed by atoms with van der Waals surface area (Å²) in [6, 6.07) is 13.2. The van der Waals surface area contributed by atoms with E-state index in [9.17, 15) is 14.7 Å². The molecule has 0 bridgehead atoms. The first-order valence-corrected chi connectivity index (χ1v) is 12.3. The number of para-hydroxylation sites is 1. The van der Waals surface area contributed by atoms with Gasteiger partial charge in [0.15, 0.2) is 0 Å². The molecule has 1 aliphatic rings. The molecule has 1 amide bonds. The quantitative estimate of drug-likeness (QED) is 0.302. The minimum Gasteiger partial charge on any atom is -0.872 e. The second-order valence-corrected chi connectivity index (χ2v) is 9.15. The van der Waals surface area contributed by atoms with Gasteiger partial charge < -0.3 is 24.4 Å². The molecular formula is C28H36N2O5. The Morgan fingerprint density at radius 2 is 1.71 bits per heavy atom. The average molecular weight is 481 g/mol. The molecule has 1 heterocycles. The lowest BCUT2D eigenvalue weighted by atomic mass is 9.94. The molecular weight excluding hydrogens is 444 g/mol. The fourth-order valence-electron chi connectivity index (χ4n) is 4.32. The third-order valence-electron chi connectivity index (χ3n) is 6.37. The van der Waals surface area contributed by atoms with Gasteiger partial charge in [0.25, 0.3) is 5.91 Å². The maximum Gasteiger partial charge on any atom is 0.295 e. The Balaban J connectivity index is 2.05. The number of methoxy groups -OCH3 is 1. The molecule has 1 N–H and O–H groups in total. The van der Waals surface area contributed by atoms with Gasteiger partial charge in [0.2, 0.25) is 5.78 Å². The van der Waals surface area contributed by atoms with Crippen LogP contribution in [0.2, 0.25) is 0 Å². The van der Waals surface area contributed by atoms with Gasteiger partial charge in [0, 0.05) is 11.1 Å². The van der Waals surface area contributed by atoms with Crippen molar-refractivity contribution in [3.8, 4) is 11.5 Å². The summed E-state index contributed by atoms with van der Waals surface area (Å²) in [5.74, 6) is -0.289. The van der Waals surface area contributed by atoms with E-state index in [0.29, 0.717) is 48.2 Å². The number of ketones is 1. The SMILES string of the molecule is CC[NH+](CC)CCN1C(=O)C(=O)/C(=C(/[O-])c2ccc(OCC(C)C)cc2)C1c1ccccc1OC. The van der Waals surface area contributed by atoms with Crippen LogP contribution in [0.25, 0.3) is 5.76 Å². The summed E-state index contributed by atoms with van der Waals surface area (Å²) in [6.45, 7) is 11.7. The predicted molar refractivity (Wildman–Crippen MR) is 133 cm³/mol.